The lowest BCUT2D eigenvalue weighted by Crippen LogP contribution is -2.07. The van der Waals surface area contributed by atoms with Crippen LogP contribution in [-0.4, -0.2) is 13.2 Å². The van der Waals surface area contributed by atoms with Crippen molar-refractivity contribution in [2.24, 2.45) is 5.73 Å². The van der Waals surface area contributed by atoms with Crippen LogP contribution in [0, 0.1) is 6.92 Å². The molecule has 112 valence electrons. The summed E-state index contributed by atoms with van der Waals surface area (Å²) < 4.78 is 11.4. The maximum atomic E-state index is 5.87. The largest absolute Gasteiger partial charge is 0.493 e. The van der Waals surface area contributed by atoms with Gasteiger partial charge >= 0.3 is 0 Å². The fraction of sp³-hybridized carbons (Fsp3) is 0.333. The smallest absolute Gasteiger partial charge is 0.122 e. The standard InChI is InChI=1S/C18H23NO2/c1-14-13-16(15(2)19)9-10-18(14)21-12-6-11-20-17-7-4-3-5-8-17/h3-5,7-10,13,15H,6,11-12,19H2,1-2H3/t15-/m1/s1. The molecular formula is C18H23NO2. The second-order valence-corrected chi connectivity index (χ2v) is 5.18. The topological polar surface area (TPSA) is 44.5 Å². The highest BCUT2D eigenvalue weighted by atomic mass is 16.5. The molecule has 0 fully saturated rings. The summed E-state index contributed by atoms with van der Waals surface area (Å²) in [6.45, 7) is 5.32. The highest BCUT2D eigenvalue weighted by Crippen LogP contribution is 2.22. The van der Waals surface area contributed by atoms with E-state index in [0.29, 0.717) is 13.2 Å². The minimum atomic E-state index is 0.0528. The summed E-state index contributed by atoms with van der Waals surface area (Å²) in [5, 5.41) is 0. The van der Waals surface area contributed by atoms with Crippen LogP contribution in [0.4, 0.5) is 0 Å². The first-order valence-electron chi connectivity index (χ1n) is 7.33. The van der Waals surface area contributed by atoms with Gasteiger partial charge in [-0.05, 0) is 43.2 Å². The Bertz CT molecular complexity index is 552. The first kappa shape index (κ1) is 15.4. The number of para-hydroxylation sites is 1. The average molecular weight is 285 g/mol. The summed E-state index contributed by atoms with van der Waals surface area (Å²) in [4.78, 5) is 0. The molecule has 0 spiro atoms. The Balaban J connectivity index is 1.74. The van der Waals surface area contributed by atoms with Crippen LogP contribution in [0.2, 0.25) is 0 Å². The van der Waals surface area contributed by atoms with Crippen molar-refractivity contribution < 1.29 is 9.47 Å². The molecule has 2 N–H and O–H groups in total. The van der Waals surface area contributed by atoms with Crippen molar-refractivity contribution in [3.8, 4) is 11.5 Å². The van der Waals surface area contributed by atoms with Gasteiger partial charge in [0.05, 0.1) is 13.2 Å². The summed E-state index contributed by atoms with van der Waals surface area (Å²) in [7, 11) is 0. The molecule has 0 aliphatic rings. The molecule has 0 radical (unpaired) electrons. The van der Waals surface area contributed by atoms with Crippen LogP contribution in [0.25, 0.3) is 0 Å². The van der Waals surface area contributed by atoms with Crippen molar-refractivity contribution in [2.45, 2.75) is 26.3 Å². The minimum absolute atomic E-state index is 0.0528. The Morgan fingerprint density at radius 3 is 2.38 bits per heavy atom. The number of benzene rings is 2. The number of rotatable bonds is 7. The van der Waals surface area contributed by atoms with Crippen molar-refractivity contribution in [3.63, 3.8) is 0 Å². The minimum Gasteiger partial charge on any atom is -0.493 e. The third kappa shape index (κ3) is 4.80. The van der Waals surface area contributed by atoms with Gasteiger partial charge in [-0.2, -0.15) is 0 Å². The van der Waals surface area contributed by atoms with Gasteiger partial charge in [-0.3, -0.25) is 0 Å². The molecule has 2 rings (SSSR count). The van der Waals surface area contributed by atoms with Gasteiger partial charge in [0.2, 0.25) is 0 Å². The first-order valence-corrected chi connectivity index (χ1v) is 7.33. The molecule has 3 heteroatoms. The quantitative estimate of drug-likeness (QED) is 0.786. The molecule has 0 heterocycles. The summed E-state index contributed by atoms with van der Waals surface area (Å²) in [6.07, 6.45) is 0.851. The van der Waals surface area contributed by atoms with Gasteiger partial charge in [0.25, 0.3) is 0 Å². The van der Waals surface area contributed by atoms with E-state index in [1.54, 1.807) is 0 Å². The molecule has 1 atom stereocenters. The predicted octanol–water partition coefficient (Wildman–Crippen LogP) is 3.86. The van der Waals surface area contributed by atoms with Gasteiger partial charge < -0.3 is 15.2 Å². The zero-order valence-electron chi connectivity index (χ0n) is 12.7. The van der Waals surface area contributed by atoms with E-state index in [2.05, 4.69) is 6.07 Å². The second kappa shape index (κ2) is 7.70. The first-order chi connectivity index (χ1) is 10.2. The molecule has 0 aromatic heterocycles. The van der Waals surface area contributed by atoms with Gasteiger partial charge in [0.1, 0.15) is 11.5 Å². The van der Waals surface area contributed by atoms with Crippen LogP contribution in [0.1, 0.15) is 30.5 Å². The average Bonchev–Trinajstić information content (AvgIpc) is 2.49. The van der Waals surface area contributed by atoms with Crippen LogP contribution >= 0.6 is 0 Å². The van der Waals surface area contributed by atoms with Crippen LogP contribution in [0.5, 0.6) is 11.5 Å². The summed E-state index contributed by atoms with van der Waals surface area (Å²) >= 11 is 0. The Morgan fingerprint density at radius 2 is 1.71 bits per heavy atom. The lowest BCUT2D eigenvalue weighted by atomic mass is 10.1. The van der Waals surface area contributed by atoms with Crippen LogP contribution in [0.15, 0.2) is 48.5 Å². The molecule has 0 amide bonds. The van der Waals surface area contributed by atoms with E-state index < -0.39 is 0 Å². The summed E-state index contributed by atoms with van der Waals surface area (Å²) in [5.41, 5.74) is 8.12. The highest BCUT2D eigenvalue weighted by Gasteiger charge is 2.04. The fourth-order valence-electron chi connectivity index (χ4n) is 2.07. The van der Waals surface area contributed by atoms with E-state index in [-0.39, 0.29) is 6.04 Å². The van der Waals surface area contributed by atoms with Crippen molar-refractivity contribution in [1.29, 1.82) is 0 Å². The van der Waals surface area contributed by atoms with Crippen LogP contribution in [0.3, 0.4) is 0 Å². The monoisotopic (exact) mass is 285 g/mol. The maximum Gasteiger partial charge on any atom is 0.122 e. The molecule has 3 nitrogen and oxygen atoms in total. The van der Waals surface area contributed by atoms with Gasteiger partial charge in [0.15, 0.2) is 0 Å². The maximum absolute atomic E-state index is 5.87. The zero-order chi connectivity index (χ0) is 15.1. The van der Waals surface area contributed by atoms with E-state index in [9.17, 15) is 0 Å². The van der Waals surface area contributed by atoms with E-state index in [1.165, 1.54) is 0 Å². The normalized spacial score (nSPS) is 12.0. The Kier molecular flexibility index (Phi) is 5.64. The Labute approximate surface area is 126 Å². The van der Waals surface area contributed by atoms with E-state index in [4.69, 9.17) is 15.2 Å². The molecule has 21 heavy (non-hydrogen) atoms. The van der Waals surface area contributed by atoms with Gasteiger partial charge in [-0.25, -0.2) is 0 Å². The summed E-state index contributed by atoms with van der Waals surface area (Å²) in [5.74, 6) is 1.81. The number of hydrogen-bond donors (Lipinski definition) is 1. The molecule has 0 bridgehead atoms. The molecule has 0 aliphatic heterocycles. The van der Waals surface area contributed by atoms with Crippen LogP contribution in [-0.2, 0) is 0 Å². The van der Waals surface area contributed by atoms with Gasteiger partial charge in [-0.15, -0.1) is 0 Å². The predicted molar refractivity (Wildman–Crippen MR) is 85.8 cm³/mol. The van der Waals surface area contributed by atoms with Gasteiger partial charge in [0, 0.05) is 12.5 Å². The number of nitrogens with two attached hydrogens (primary N) is 1. The van der Waals surface area contributed by atoms with Crippen molar-refractivity contribution in [1.82, 2.24) is 0 Å². The molecule has 0 saturated carbocycles. The summed E-state index contributed by atoms with van der Waals surface area (Å²) in [6, 6.07) is 16.0. The van der Waals surface area contributed by atoms with E-state index >= 15 is 0 Å². The zero-order valence-corrected chi connectivity index (χ0v) is 12.7. The number of hydrogen-bond acceptors (Lipinski definition) is 3. The molecular weight excluding hydrogens is 262 g/mol. The molecule has 2 aromatic rings. The molecule has 2 aromatic carbocycles. The molecule has 0 saturated heterocycles. The van der Waals surface area contributed by atoms with Crippen LogP contribution < -0.4 is 15.2 Å². The molecule has 0 aliphatic carbocycles. The van der Waals surface area contributed by atoms with Gasteiger partial charge in [-0.1, -0.05) is 30.3 Å². The number of aryl methyl sites for hydroxylation is 1. The van der Waals surface area contributed by atoms with Crippen molar-refractivity contribution >= 4 is 0 Å². The lowest BCUT2D eigenvalue weighted by Gasteiger charge is -2.12. The SMILES string of the molecule is Cc1cc([C@@H](C)N)ccc1OCCCOc1ccccc1. The Hall–Kier alpha value is -2.00. The number of ether oxygens (including phenoxy) is 2. The van der Waals surface area contributed by atoms with Crippen molar-refractivity contribution in [2.75, 3.05) is 13.2 Å². The highest BCUT2D eigenvalue weighted by molar-refractivity contribution is 5.37. The molecule has 0 unspecified atom stereocenters. The second-order valence-electron chi connectivity index (χ2n) is 5.18. The third-order valence-corrected chi connectivity index (χ3v) is 3.28. The van der Waals surface area contributed by atoms with Crippen molar-refractivity contribution in [3.05, 3.63) is 59.7 Å². The fourth-order valence-corrected chi connectivity index (χ4v) is 2.07. The van der Waals surface area contributed by atoms with E-state index in [0.717, 1.165) is 29.0 Å². The lowest BCUT2D eigenvalue weighted by molar-refractivity contribution is 0.246. The Morgan fingerprint density at radius 1 is 1.00 bits per heavy atom. The third-order valence-electron chi connectivity index (χ3n) is 3.28. The van der Waals surface area contributed by atoms with E-state index in [1.807, 2.05) is 56.3 Å².